The Labute approximate surface area is 105 Å². The van der Waals surface area contributed by atoms with Crippen LogP contribution in [0.15, 0.2) is 18.2 Å². The van der Waals surface area contributed by atoms with Gasteiger partial charge in [-0.1, -0.05) is 11.6 Å². The highest BCUT2D eigenvalue weighted by molar-refractivity contribution is 6.31. The van der Waals surface area contributed by atoms with E-state index in [1.54, 1.807) is 6.07 Å². The lowest BCUT2D eigenvalue weighted by molar-refractivity contribution is -0.384. The van der Waals surface area contributed by atoms with Crippen molar-refractivity contribution in [2.24, 2.45) is 0 Å². The maximum Gasteiger partial charge on any atom is 0.270 e. The molecule has 92 valence electrons. The highest BCUT2D eigenvalue weighted by atomic mass is 35.5. The van der Waals surface area contributed by atoms with Gasteiger partial charge in [0.05, 0.1) is 9.95 Å². The topological polar surface area (TPSA) is 55.2 Å². The Hall–Kier alpha value is -1.13. The lowest BCUT2D eigenvalue weighted by Gasteiger charge is -2.39. The number of nitro groups is 1. The largest absolute Gasteiger partial charge is 0.307 e. The van der Waals surface area contributed by atoms with Crippen LogP contribution in [0, 0.1) is 10.1 Å². The molecule has 0 heterocycles. The molecule has 1 aliphatic carbocycles. The van der Waals surface area contributed by atoms with Crippen LogP contribution in [0.5, 0.6) is 0 Å². The molecule has 0 radical (unpaired) electrons. The van der Waals surface area contributed by atoms with E-state index < -0.39 is 4.92 Å². The Balaban J connectivity index is 2.03. The third-order valence-electron chi connectivity index (χ3n) is 3.41. The summed E-state index contributed by atoms with van der Waals surface area (Å²) in [4.78, 5) is 10.1. The molecule has 0 aromatic heterocycles. The third kappa shape index (κ3) is 2.76. The highest BCUT2D eigenvalue weighted by Crippen LogP contribution is 2.32. The molecule has 1 N–H and O–H groups in total. The Morgan fingerprint density at radius 2 is 2.24 bits per heavy atom. The zero-order valence-electron chi connectivity index (χ0n) is 9.70. The molecule has 1 saturated carbocycles. The van der Waals surface area contributed by atoms with Crippen molar-refractivity contribution in [3.63, 3.8) is 0 Å². The first-order valence-electron chi connectivity index (χ1n) is 5.68. The number of non-ortho nitro benzene ring substituents is 1. The number of hydrogen-bond acceptors (Lipinski definition) is 3. The van der Waals surface area contributed by atoms with Gasteiger partial charge in [-0.15, -0.1) is 0 Å². The van der Waals surface area contributed by atoms with Crippen molar-refractivity contribution < 1.29 is 4.92 Å². The summed E-state index contributed by atoms with van der Waals surface area (Å²) in [5.41, 5.74) is 1.16. The second kappa shape index (κ2) is 4.63. The molecular formula is C12H15ClN2O2. The van der Waals surface area contributed by atoms with Crippen LogP contribution in [0.25, 0.3) is 0 Å². The summed E-state index contributed by atoms with van der Waals surface area (Å²) in [6.45, 7) is 2.85. The molecule has 17 heavy (non-hydrogen) atoms. The van der Waals surface area contributed by atoms with Gasteiger partial charge >= 0.3 is 0 Å². The predicted octanol–water partition coefficient (Wildman–Crippen LogP) is 3.28. The van der Waals surface area contributed by atoms with Crippen LogP contribution in [0.2, 0.25) is 5.02 Å². The number of rotatable bonds is 4. The molecule has 0 saturated heterocycles. The number of nitrogens with one attached hydrogen (secondary N) is 1. The van der Waals surface area contributed by atoms with Crippen molar-refractivity contribution in [1.82, 2.24) is 5.32 Å². The van der Waals surface area contributed by atoms with E-state index in [9.17, 15) is 10.1 Å². The van der Waals surface area contributed by atoms with E-state index in [1.165, 1.54) is 31.4 Å². The zero-order chi connectivity index (χ0) is 12.5. The monoisotopic (exact) mass is 254 g/mol. The van der Waals surface area contributed by atoms with Gasteiger partial charge in [0, 0.05) is 24.2 Å². The second-order valence-electron chi connectivity index (χ2n) is 4.80. The normalized spacial score (nSPS) is 17.5. The fourth-order valence-corrected chi connectivity index (χ4v) is 2.23. The summed E-state index contributed by atoms with van der Waals surface area (Å²) in [5, 5.41) is 14.5. The first kappa shape index (κ1) is 12.3. The quantitative estimate of drug-likeness (QED) is 0.663. The molecule has 4 nitrogen and oxygen atoms in total. The lowest BCUT2D eigenvalue weighted by Crippen LogP contribution is -2.47. The van der Waals surface area contributed by atoms with E-state index in [4.69, 9.17) is 11.6 Å². The Morgan fingerprint density at radius 3 is 2.71 bits per heavy atom. The van der Waals surface area contributed by atoms with Gasteiger partial charge in [-0.05, 0) is 37.8 Å². The lowest BCUT2D eigenvalue weighted by atomic mass is 9.78. The summed E-state index contributed by atoms with van der Waals surface area (Å²) >= 11 is 6.02. The van der Waals surface area contributed by atoms with E-state index in [1.807, 2.05) is 0 Å². The summed E-state index contributed by atoms with van der Waals surface area (Å²) in [5.74, 6) is 0. The third-order valence-corrected chi connectivity index (χ3v) is 3.76. The van der Waals surface area contributed by atoms with Crippen molar-refractivity contribution in [2.75, 3.05) is 0 Å². The van der Waals surface area contributed by atoms with Crippen LogP contribution < -0.4 is 5.32 Å². The van der Waals surface area contributed by atoms with Gasteiger partial charge in [0.15, 0.2) is 0 Å². The van der Waals surface area contributed by atoms with Gasteiger partial charge in [-0.2, -0.15) is 0 Å². The van der Waals surface area contributed by atoms with Crippen molar-refractivity contribution in [3.05, 3.63) is 38.9 Å². The minimum atomic E-state index is -0.434. The van der Waals surface area contributed by atoms with Gasteiger partial charge in [0.25, 0.3) is 5.69 Å². The van der Waals surface area contributed by atoms with E-state index in [0.717, 1.165) is 5.56 Å². The molecule has 0 bridgehead atoms. The molecule has 0 amide bonds. The number of halogens is 1. The summed E-state index contributed by atoms with van der Waals surface area (Å²) in [6.07, 6.45) is 3.62. The predicted molar refractivity (Wildman–Crippen MR) is 67.2 cm³/mol. The molecule has 1 aromatic carbocycles. The maximum absolute atomic E-state index is 10.6. The highest BCUT2D eigenvalue weighted by Gasteiger charge is 2.30. The Morgan fingerprint density at radius 1 is 1.53 bits per heavy atom. The molecule has 0 spiro atoms. The van der Waals surface area contributed by atoms with Gasteiger partial charge in [0.1, 0.15) is 0 Å². The fraction of sp³-hybridized carbons (Fsp3) is 0.500. The van der Waals surface area contributed by atoms with Crippen molar-refractivity contribution in [2.45, 2.75) is 38.3 Å². The van der Waals surface area contributed by atoms with Gasteiger partial charge in [-0.25, -0.2) is 0 Å². The van der Waals surface area contributed by atoms with Gasteiger partial charge < -0.3 is 5.32 Å². The number of nitro benzene ring substituents is 1. The van der Waals surface area contributed by atoms with Crippen molar-refractivity contribution >= 4 is 17.3 Å². The number of benzene rings is 1. The summed E-state index contributed by atoms with van der Waals surface area (Å²) in [7, 11) is 0. The smallest absolute Gasteiger partial charge is 0.270 e. The second-order valence-corrected chi connectivity index (χ2v) is 5.21. The van der Waals surface area contributed by atoms with E-state index in [2.05, 4.69) is 12.2 Å². The van der Waals surface area contributed by atoms with Gasteiger partial charge in [-0.3, -0.25) is 10.1 Å². The Kier molecular flexibility index (Phi) is 3.35. The summed E-state index contributed by atoms with van der Waals surface area (Å²) in [6, 6.07) is 4.61. The van der Waals surface area contributed by atoms with E-state index in [-0.39, 0.29) is 11.2 Å². The molecule has 2 rings (SSSR count). The molecule has 0 aliphatic heterocycles. The van der Waals surface area contributed by atoms with Crippen LogP contribution >= 0.6 is 11.6 Å². The molecule has 5 heteroatoms. The molecule has 1 fully saturated rings. The van der Waals surface area contributed by atoms with E-state index in [0.29, 0.717) is 11.6 Å². The first-order valence-corrected chi connectivity index (χ1v) is 6.06. The van der Waals surface area contributed by atoms with Crippen molar-refractivity contribution in [3.8, 4) is 0 Å². The maximum atomic E-state index is 10.6. The minimum absolute atomic E-state index is 0.0357. The van der Waals surface area contributed by atoms with Crippen LogP contribution in [-0.2, 0) is 6.54 Å². The minimum Gasteiger partial charge on any atom is -0.307 e. The van der Waals surface area contributed by atoms with Crippen LogP contribution in [0.1, 0.15) is 31.7 Å². The molecule has 1 aromatic rings. The van der Waals surface area contributed by atoms with Crippen LogP contribution in [-0.4, -0.2) is 10.5 Å². The summed E-state index contributed by atoms with van der Waals surface area (Å²) < 4.78 is 0. The average Bonchev–Trinajstić information content (AvgIpc) is 2.24. The molecule has 0 unspecified atom stereocenters. The number of nitrogens with zero attached hydrogens (tertiary/aromatic N) is 1. The average molecular weight is 255 g/mol. The number of hydrogen-bond donors (Lipinski definition) is 1. The Bertz CT molecular complexity index is 444. The van der Waals surface area contributed by atoms with Gasteiger partial charge in [0.2, 0.25) is 0 Å². The molecular weight excluding hydrogens is 240 g/mol. The van der Waals surface area contributed by atoms with Crippen LogP contribution in [0.3, 0.4) is 0 Å². The molecule has 1 aliphatic rings. The SMILES string of the molecule is CC1(NCc2ccc([N+](=O)[O-])cc2Cl)CCC1. The van der Waals surface area contributed by atoms with Crippen molar-refractivity contribution in [1.29, 1.82) is 0 Å². The molecule has 0 atom stereocenters. The van der Waals surface area contributed by atoms with E-state index >= 15 is 0 Å². The standard InChI is InChI=1S/C12H15ClN2O2/c1-12(5-2-6-12)14-8-9-3-4-10(15(16)17)7-11(9)13/h3-4,7,14H,2,5-6,8H2,1H3. The zero-order valence-corrected chi connectivity index (χ0v) is 10.5. The fourth-order valence-electron chi connectivity index (χ4n) is 1.99. The van der Waals surface area contributed by atoms with Crippen LogP contribution in [0.4, 0.5) is 5.69 Å². The first-order chi connectivity index (χ1) is 8.00.